The summed E-state index contributed by atoms with van der Waals surface area (Å²) in [7, 11) is 3.18. The fraction of sp³-hybridized carbons (Fsp3) is 0.250. The molecule has 0 unspecified atom stereocenters. The molecule has 0 radical (unpaired) electrons. The van der Waals surface area contributed by atoms with Crippen LogP contribution in [0.25, 0.3) is 0 Å². The third kappa shape index (κ3) is 5.46. The first-order valence-electron chi connectivity index (χ1n) is 8.10. The van der Waals surface area contributed by atoms with Crippen LogP contribution in [0.15, 0.2) is 60.0 Å². The van der Waals surface area contributed by atoms with Crippen LogP contribution < -0.4 is 19.5 Å². The molecule has 0 aliphatic carbocycles. The van der Waals surface area contributed by atoms with Crippen molar-refractivity contribution in [1.82, 2.24) is 0 Å². The van der Waals surface area contributed by atoms with E-state index in [9.17, 15) is 4.79 Å². The maximum absolute atomic E-state index is 12.4. The van der Waals surface area contributed by atoms with E-state index in [2.05, 4.69) is 11.9 Å². The quantitative estimate of drug-likeness (QED) is 0.522. The molecule has 0 aromatic heterocycles. The summed E-state index contributed by atoms with van der Waals surface area (Å²) in [4.78, 5) is 13.3. The van der Waals surface area contributed by atoms with E-state index in [-0.39, 0.29) is 11.2 Å². The lowest BCUT2D eigenvalue weighted by Gasteiger charge is -2.14. The van der Waals surface area contributed by atoms with Gasteiger partial charge in [-0.1, -0.05) is 12.7 Å². The van der Waals surface area contributed by atoms with Gasteiger partial charge in [-0.2, -0.15) is 0 Å². The van der Waals surface area contributed by atoms with Crippen LogP contribution in [0.1, 0.15) is 6.92 Å². The average molecular weight is 373 g/mol. The number of benzene rings is 2. The van der Waals surface area contributed by atoms with Crippen molar-refractivity contribution in [2.24, 2.45) is 0 Å². The summed E-state index contributed by atoms with van der Waals surface area (Å²) >= 11 is 1.45. The van der Waals surface area contributed by atoms with E-state index >= 15 is 0 Å². The Morgan fingerprint density at radius 2 is 1.85 bits per heavy atom. The lowest BCUT2D eigenvalue weighted by molar-refractivity contribution is -0.115. The first-order chi connectivity index (χ1) is 12.6. The summed E-state index contributed by atoms with van der Waals surface area (Å²) < 4.78 is 15.9. The third-order valence-electron chi connectivity index (χ3n) is 3.53. The minimum absolute atomic E-state index is 0.0791. The lowest BCUT2D eigenvalue weighted by atomic mass is 10.3. The molecule has 0 saturated carbocycles. The molecular formula is C20H23NO4S. The molecule has 2 aromatic rings. The largest absolute Gasteiger partial charge is 0.493 e. The van der Waals surface area contributed by atoms with E-state index in [1.807, 2.05) is 49.4 Å². The van der Waals surface area contributed by atoms with Crippen LogP contribution in [0.2, 0.25) is 0 Å². The van der Waals surface area contributed by atoms with Gasteiger partial charge in [0.25, 0.3) is 0 Å². The minimum atomic E-state index is -0.273. The van der Waals surface area contributed by atoms with Crippen LogP contribution in [0.5, 0.6) is 17.2 Å². The molecule has 26 heavy (non-hydrogen) atoms. The molecule has 2 aromatic carbocycles. The molecule has 0 saturated heterocycles. The Kier molecular flexibility index (Phi) is 7.41. The zero-order valence-electron chi connectivity index (χ0n) is 15.2. The zero-order valence-corrected chi connectivity index (χ0v) is 16.0. The first-order valence-corrected chi connectivity index (χ1v) is 8.98. The summed E-state index contributed by atoms with van der Waals surface area (Å²) in [5.41, 5.74) is 0.723. The van der Waals surface area contributed by atoms with Crippen LogP contribution in [-0.4, -0.2) is 32.0 Å². The van der Waals surface area contributed by atoms with Crippen LogP contribution in [-0.2, 0) is 4.79 Å². The van der Waals surface area contributed by atoms with Crippen molar-refractivity contribution in [1.29, 1.82) is 0 Å². The molecule has 5 nitrogen and oxygen atoms in total. The highest BCUT2D eigenvalue weighted by molar-refractivity contribution is 8.00. The van der Waals surface area contributed by atoms with Crippen LogP contribution in [0.3, 0.4) is 0 Å². The van der Waals surface area contributed by atoms with Crippen LogP contribution >= 0.6 is 11.8 Å². The van der Waals surface area contributed by atoms with Gasteiger partial charge in [-0.05, 0) is 49.4 Å². The van der Waals surface area contributed by atoms with Gasteiger partial charge in [0.05, 0.1) is 19.5 Å². The molecule has 6 heteroatoms. The molecule has 2 rings (SSSR count). The van der Waals surface area contributed by atoms with E-state index in [0.29, 0.717) is 18.1 Å². The molecular weight excluding hydrogens is 350 g/mol. The van der Waals surface area contributed by atoms with Crippen LogP contribution in [0, 0.1) is 0 Å². The van der Waals surface area contributed by atoms with Gasteiger partial charge >= 0.3 is 0 Å². The normalized spacial score (nSPS) is 11.3. The van der Waals surface area contributed by atoms with E-state index in [1.165, 1.54) is 11.8 Å². The molecule has 0 bridgehead atoms. The number of nitrogens with one attached hydrogen (secondary N) is 1. The number of anilines is 1. The molecule has 138 valence electrons. The fourth-order valence-electron chi connectivity index (χ4n) is 2.18. The Hall–Kier alpha value is -2.60. The Morgan fingerprint density at radius 1 is 1.15 bits per heavy atom. The number of ether oxygens (including phenoxy) is 3. The topological polar surface area (TPSA) is 56.8 Å². The standard InChI is InChI=1S/C20H23NO4S/c1-5-12-25-16-8-6-15(7-9-16)21-20(22)14(2)26-17-10-11-18(23-3)19(13-17)24-4/h5-11,13-14H,1,12H2,2-4H3,(H,21,22)/t14-/m1/s1. The van der Waals surface area contributed by atoms with Crippen molar-refractivity contribution in [3.63, 3.8) is 0 Å². The monoisotopic (exact) mass is 373 g/mol. The fourth-order valence-corrected chi connectivity index (χ4v) is 3.08. The Bertz CT molecular complexity index is 746. The zero-order chi connectivity index (χ0) is 18.9. The van der Waals surface area contributed by atoms with Gasteiger partial charge in [0.1, 0.15) is 12.4 Å². The highest BCUT2D eigenvalue weighted by atomic mass is 32.2. The van der Waals surface area contributed by atoms with Crippen molar-refractivity contribution in [3.05, 3.63) is 55.1 Å². The van der Waals surface area contributed by atoms with Crippen LogP contribution in [0.4, 0.5) is 5.69 Å². The summed E-state index contributed by atoms with van der Waals surface area (Å²) in [6.07, 6.45) is 1.68. The van der Waals surface area contributed by atoms with Gasteiger partial charge in [-0.15, -0.1) is 11.8 Å². The average Bonchev–Trinajstić information content (AvgIpc) is 2.67. The number of methoxy groups -OCH3 is 2. The Morgan fingerprint density at radius 3 is 2.46 bits per heavy atom. The molecule has 1 atom stereocenters. The second kappa shape index (κ2) is 9.77. The molecule has 0 heterocycles. The highest BCUT2D eigenvalue weighted by Crippen LogP contribution is 2.33. The second-order valence-corrected chi connectivity index (χ2v) is 6.80. The second-order valence-electron chi connectivity index (χ2n) is 5.39. The van der Waals surface area contributed by atoms with Gasteiger partial charge in [0, 0.05) is 10.6 Å². The van der Waals surface area contributed by atoms with Crippen molar-refractivity contribution >= 4 is 23.4 Å². The van der Waals surface area contributed by atoms with Gasteiger partial charge in [0.2, 0.25) is 5.91 Å². The van der Waals surface area contributed by atoms with E-state index in [1.54, 1.807) is 20.3 Å². The van der Waals surface area contributed by atoms with Gasteiger partial charge in [-0.25, -0.2) is 0 Å². The number of hydrogen-bond donors (Lipinski definition) is 1. The SMILES string of the molecule is C=CCOc1ccc(NC(=O)[C@@H](C)Sc2ccc(OC)c(OC)c2)cc1. The molecule has 0 fully saturated rings. The number of hydrogen-bond acceptors (Lipinski definition) is 5. The van der Waals surface area contributed by atoms with Crippen molar-refractivity contribution < 1.29 is 19.0 Å². The molecule has 1 amide bonds. The summed E-state index contributed by atoms with van der Waals surface area (Å²) in [6, 6.07) is 12.8. The van der Waals surface area contributed by atoms with Crippen molar-refractivity contribution in [2.45, 2.75) is 17.1 Å². The van der Waals surface area contributed by atoms with E-state index in [4.69, 9.17) is 14.2 Å². The number of carbonyl (C=O) groups is 1. The van der Waals surface area contributed by atoms with E-state index < -0.39 is 0 Å². The highest BCUT2D eigenvalue weighted by Gasteiger charge is 2.16. The smallest absolute Gasteiger partial charge is 0.237 e. The van der Waals surface area contributed by atoms with Crippen molar-refractivity contribution in [2.75, 3.05) is 26.1 Å². The number of carbonyl (C=O) groups excluding carboxylic acids is 1. The maximum Gasteiger partial charge on any atom is 0.237 e. The predicted molar refractivity (Wildman–Crippen MR) is 106 cm³/mol. The first kappa shape index (κ1) is 19.7. The summed E-state index contributed by atoms with van der Waals surface area (Å²) in [5.74, 6) is 1.95. The molecule has 0 aliphatic heterocycles. The molecule has 0 aliphatic rings. The van der Waals surface area contributed by atoms with E-state index in [0.717, 1.165) is 16.3 Å². The third-order valence-corrected chi connectivity index (χ3v) is 4.62. The summed E-state index contributed by atoms with van der Waals surface area (Å²) in [5, 5.41) is 2.63. The van der Waals surface area contributed by atoms with Gasteiger partial charge < -0.3 is 19.5 Å². The maximum atomic E-state index is 12.4. The molecule has 0 spiro atoms. The predicted octanol–water partition coefficient (Wildman–Crippen LogP) is 4.39. The number of thioether (sulfide) groups is 1. The number of rotatable bonds is 9. The minimum Gasteiger partial charge on any atom is -0.493 e. The summed E-state index contributed by atoms with van der Waals surface area (Å²) in [6.45, 7) is 5.92. The Labute approximate surface area is 158 Å². The van der Waals surface area contributed by atoms with Crippen molar-refractivity contribution in [3.8, 4) is 17.2 Å². The van der Waals surface area contributed by atoms with Gasteiger partial charge in [0.15, 0.2) is 11.5 Å². The number of amides is 1. The molecule has 1 N–H and O–H groups in total. The van der Waals surface area contributed by atoms with Gasteiger partial charge in [-0.3, -0.25) is 4.79 Å². The Balaban J connectivity index is 1.96. The lowest BCUT2D eigenvalue weighted by Crippen LogP contribution is -2.22.